The topological polar surface area (TPSA) is 116 Å². The summed E-state index contributed by atoms with van der Waals surface area (Å²) in [6.45, 7) is 0.151. The first kappa shape index (κ1) is 14.3. The molecule has 2 rings (SSSR count). The molecule has 8 nitrogen and oxygen atoms in total. The number of sulfonamides is 1. The Hall–Kier alpha value is -2.16. The number of hydrogen-bond donors (Lipinski definition) is 1. The number of hydrogen-bond acceptors (Lipinski definition) is 6. The molecule has 1 aromatic carbocycles. The fourth-order valence-corrected chi connectivity index (χ4v) is 2.57. The zero-order chi connectivity index (χ0) is 14.8. The van der Waals surface area contributed by atoms with Crippen LogP contribution in [0.3, 0.4) is 0 Å². The van der Waals surface area contributed by atoms with E-state index < -0.39 is 31.6 Å². The number of nitrogens with zero attached hydrogens (tertiary/aromatic N) is 1. The highest BCUT2D eigenvalue weighted by Gasteiger charge is 2.28. The standard InChI is InChI=1S/C11H12N2O6S/c14-11(19-7-8-5-6-8)12-20(17,18)10-4-2-1-3-9(10)13(15)16/h1-4,8H,5-7H2,(H,12,14). The van der Waals surface area contributed by atoms with Crippen molar-refractivity contribution in [3.63, 3.8) is 0 Å². The first-order chi connectivity index (χ1) is 9.40. The summed E-state index contributed by atoms with van der Waals surface area (Å²) >= 11 is 0. The van der Waals surface area contributed by atoms with Gasteiger partial charge in [-0.15, -0.1) is 0 Å². The molecular formula is C11H12N2O6S. The van der Waals surface area contributed by atoms with Crippen LogP contribution in [0.5, 0.6) is 0 Å². The number of nitrogens with one attached hydrogen (secondary N) is 1. The number of nitro groups is 1. The third-order valence-electron chi connectivity index (χ3n) is 2.72. The highest BCUT2D eigenvalue weighted by atomic mass is 32.2. The fraction of sp³-hybridized carbons (Fsp3) is 0.364. The molecule has 0 bridgehead atoms. The second-order valence-corrected chi connectivity index (χ2v) is 6.02. The van der Waals surface area contributed by atoms with Crippen molar-refractivity contribution in [3.8, 4) is 0 Å². The van der Waals surface area contributed by atoms with Crippen molar-refractivity contribution in [2.45, 2.75) is 17.7 Å². The van der Waals surface area contributed by atoms with Crippen LogP contribution < -0.4 is 4.72 Å². The minimum absolute atomic E-state index is 0.151. The Labute approximate surface area is 114 Å². The van der Waals surface area contributed by atoms with Crippen molar-refractivity contribution in [1.29, 1.82) is 0 Å². The maximum Gasteiger partial charge on any atom is 0.421 e. The van der Waals surface area contributed by atoms with Crippen molar-refractivity contribution in [1.82, 2.24) is 4.72 Å². The van der Waals surface area contributed by atoms with Gasteiger partial charge in [-0.25, -0.2) is 17.9 Å². The maximum atomic E-state index is 11.9. The summed E-state index contributed by atoms with van der Waals surface area (Å²) in [5, 5.41) is 10.8. The lowest BCUT2D eigenvalue weighted by molar-refractivity contribution is -0.387. The van der Waals surface area contributed by atoms with Crippen molar-refractivity contribution in [3.05, 3.63) is 34.4 Å². The lowest BCUT2D eigenvalue weighted by Crippen LogP contribution is -2.32. The zero-order valence-corrected chi connectivity index (χ0v) is 11.1. The molecule has 108 valence electrons. The Morgan fingerprint density at radius 1 is 1.40 bits per heavy atom. The molecule has 1 amide bonds. The quantitative estimate of drug-likeness (QED) is 0.649. The molecule has 1 N–H and O–H groups in total. The van der Waals surface area contributed by atoms with Gasteiger partial charge in [0.25, 0.3) is 15.7 Å². The lowest BCUT2D eigenvalue weighted by atomic mass is 10.3. The first-order valence-corrected chi connectivity index (χ1v) is 7.31. The molecule has 1 aliphatic carbocycles. The van der Waals surface area contributed by atoms with Crippen LogP contribution in [0.4, 0.5) is 10.5 Å². The number of ether oxygens (including phenoxy) is 1. The summed E-state index contributed by atoms with van der Waals surface area (Å²) < 4.78 is 30.2. The van der Waals surface area contributed by atoms with E-state index in [-0.39, 0.29) is 12.5 Å². The van der Waals surface area contributed by atoms with Gasteiger partial charge in [0.05, 0.1) is 11.5 Å². The Kier molecular flexibility index (Phi) is 3.89. The van der Waals surface area contributed by atoms with Gasteiger partial charge in [0.15, 0.2) is 4.90 Å². The minimum atomic E-state index is -4.33. The van der Waals surface area contributed by atoms with Gasteiger partial charge in [0, 0.05) is 6.07 Å². The first-order valence-electron chi connectivity index (χ1n) is 5.83. The Morgan fingerprint density at radius 2 is 2.05 bits per heavy atom. The van der Waals surface area contributed by atoms with E-state index in [1.165, 1.54) is 12.1 Å². The minimum Gasteiger partial charge on any atom is -0.449 e. The van der Waals surface area contributed by atoms with E-state index in [1.54, 1.807) is 4.72 Å². The van der Waals surface area contributed by atoms with Crippen molar-refractivity contribution >= 4 is 21.8 Å². The average Bonchev–Trinajstić information content (AvgIpc) is 3.20. The van der Waals surface area contributed by atoms with Crippen LogP contribution in [0.25, 0.3) is 0 Å². The summed E-state index contributed by atoms with van der Waals surface area (Å²) in [6.07, 6.45) is 0.768. The van der Waals surface area contributed by atoms with Gasteiger partial charge < -0.3 is 4.74 Å². The SMILES string of the molecule is O=C(NS(=O)(=O)c1ccccc1[N+](=O)[O-])OCC1CC1. The van der Waals surface area contributed by atoms with Gasteiger partial charge in [-0.3, -0.25) is 10.1 Å². The van der Waals surface area contributed by atoms with Crippen LogP contribution in [0.2, 0.25) is 0 Å². The zero-order valence-electron chi connectivity index (χ0n) is 10.3. The van der Waals surface area contributed by atoms with Gasteiger partial charge in [0.1, 0.15) is 0 Å². The lowest BCUT2D eigenvalue weighted by Gasteiger charge is -2.07. The Morgan fingerprint density at radius 3 is 2.65 bits per heavy atom. The van der Waals surface area contributed by atoms with Crippen molar-refractivity contribution in [2.24, 2.45) is 5.92 Å². The second-order valence-electron chi connectivity index (χ2n) is 4.37. The van der Waals surface area contributed by atoms with E-state index in [4.69, 9.17) is 4.74 Å². The summed E-state index contributed by atoms with van der Waals surface area (Å²) in [4.78, 5) is 20.7. The van der Waals surface area contributed by atoms with Crippen LogP contribution in [0.1, 0.15) is 12.8 Å². The van der Waals surface area contributed by atoms with Crippen molar-refractivity contribution < 1.29 is 22.9 Å². The average molecular weight is 300 g/mol. The molecule has 1 aliphatic rings. The van der Waals surface area contributed by atoms with Crippen LogP contribution in [0, 0.1) is 16.0 Å². The molecule has 0 aromatic heterocycles. The summed E-state index contributed by atoms with van der Waals surface area (Å²) in [5.74, 6) is 0.287. The molecule has 0 radical (unpaired) electrons. The number of rotatable bonds is 5. The van der Waals surface area contributed by atoms with Crippen molar-refractivity contribution in [2.75, 3.05) is 6.61 Å². The Bertz CT molecular complexity index is 638. The van der Waals surface area contributed by atoms with Gasteiger partial charge in [-0.1, -0.05) is 12.1 Å². The maximum absolute atomic E-state index is 11.9. The molecule has 1 fully saturated rings. The number of nitro benzene ring substituents is 1. The monoisotopic (exact) mass is 300 g/mol. The molecule has 0 unspecified atom stereocenters. The largest absolute Gasteiger partial charge is 0.449 e. The second kappa shape index (κ2) is 5.45. The van der Waals surface area contributed by atoms with Crippen LogP contribution in [0.15, 0.2) is 29.2 Å². The van der Waals surface area contributed by atoms with Crippen LogP contribution >= 0.6 is 0 Å². The summed E-state index contributed by atoms with van der Waals surface area (Å²) in [5.41, 5.74) is -0.602. The number of carbonyl (C=O) groups is 1. The fourth-order valence-electron chi connectivity index (χ4n) is 1.51. The van der Waals surface area contributed by atoms with Gasteiger partial charge in [-0.2, -0.15) is 0 Å². The molecule has 1 aromatic rings. The highest BCUT2D eigenvalue weighted by molar-refractivity contribution is 7.90. The van der Waals surface area contributed by atoms with Crippen LogP contribution in [-0.4, -0.2) is 26.0 Å². The highest BCUT2D eigenvalue weighted by Crippen LogP contribution is 2.29. The summed E-state index contributed by atoms with van der Waals surface area (Å²) in [7, 11) is -4.33. The van der Waals surface area contributed by atoms with E-state index >= 15 is 0 Å². The predicted molar refractivity (Wildman–Crippen MR) is 67.5 cm³/mol. The predicted octanol–water partition coefficient (Wildman–Crippen LogP) is 1.42. The van der Waals surface area contributed by atoms with E-state index in [2.05, 4.69) is 0 Å². The van der Waals surface area contributed by atoms with Gasteiger partial charge in [-0.05, 0) is 24.8 Å². The summed E-state index contributed by atoms with van der Waals surface area (Å²) in [6, 6.07) is 4.76. The third kappa shape index (κ3) is 3.44. The molecule has 0 atom stereocenters. The molecule has 0 spiro atoms. The molecule has 9 heteroatoms. The normalized spacial score (nSPS) is 14.6. The molecule has 20 heavy (non-hydrogen) atoms. The van der Waals surface area contributed by atoms with Crippen LogP contribution in [-0.2, 0) is 14.8 Å². The van der Waals surface area contributed by atoms with E-state index in [1.807, 2.05) is 0 Å². The van der Waals surface area contributed by atoms with Gasteiger partial charge in [0.2, 0.25) is 0 Å². The molecule has 0 saturated heterocycles. The molecule has 1 saturated carbocycles. The molecular weight excluding hydrogens is 288 g/mol. The van der Waals surface area contributed by atoms with E-state index in [0.29, 0.717) is 0 Å². The number of benzene rings is 1. The smallest absolute Gasteiger partial charge is 0.421 e. The van der Waals surface area contributed by atoms with E-state index in [0.717, 1.165) is 25.0 Å². The van der Waals surface area contributed by atoms with E-state index in [9.17, 15) is 23.3 Å². The third-order valence-corrected chi connectivity index (χ3v) is 4.08. The van der Waals surface area contributed by atoms with Gasteiger partial charge >= 0.3 is 6.09 Å². The number of para-hydroxylation sites is 1. The Balaban J connectivity index is 2.13. The molecule has 0 aliphatic heterocycles. The molecule has 0 heterocycles. The number of amides is 1. The number of carbonyl (C=O) groups excluding carboxylic acids is 1.